The molecule has 2 unspecified atom stereocenters. The normalized spacial score (nSPS) is 25.4. The fourth-order valence-electron chi connectivity index (χ4n) is 2.56. The molecule has 1 fully saturated rings. The number of thiophene rings is 1. The molecule has 1 aliphatic rings. The van der Waals surface area contributed by atoms with Crippen molar-refractivity contribution in [1.29, 1.82) is 0 Å². The lowest BCUT2D eigenvalue weighted by Crippen LogP contribution is -2.38. The van der Waals surface area contributed by atoms with Crippen LogP contribution in [0.5, 0.6) is 0 Å². The highest BCUT2D eigenvalue weighted by atomic mass is 32.1. The molecule has 2 rings (SSSR count). The van der Waals surface area contributed by atoms with Crippen molar-refractivity contribution < 1.29 is 0 Å². The Labute approximate surface area is 103 Å². The molecule has 1 aromatic rings. The van der Waals surface area contributed by atoms with Gasteiger partial charge in [0, 0.05) is 24.0 Å². The maximum absolute atomic E-state index is 3.51. The summed E-state index contributed by atoms with van der Waals surface area (Å²) in [6, 6.07) is 5.12. The van der Waals surface area contributed by atoms with Crippen LogP contribution in [0.2, 0.25) is 0 Å². The van der Waals surface area contributed by atoms with Crippen LogP contribution >= 0.6 is 11.3 Å². The molecular formula is C13H22N2S. The lowest BCUT2D eigenvalue weighted by molar-refractivity contribution is 0.211. The van der Waals surface area contributed by atoms with E-state index < -0.39 is 0 Å². The van der Waals surface area contributed by atoms with Crippen molar-refractivity contribution in [3.8, 4) is 0 Å². The van der Waals surface area contributed by atoms with Crippen LogP contribution in [0.3, 0.4) is 0 Å². The molecule has 16 heavy (non-hydrogen) atoms. The number of nitrogens with one attached hydrogen (secondary N) is 1. The Morgan fingerprint density at radius 2 is 2.38 bits per heavy atom. The molecule has 0 aromatic carbocycles. The topological polar surface area (TPSA) is 15.3 Å². The summed E-state index contributed by atoms with van der Waals surface area (Å²) in [5.74, 6) is 0.841. The highest BCUT2D eigenvalue weighted by Gasteiger charge is 2.28. The zero-order chi connectivity index (χ0) is 11.4. The van der Waals surface area contributed by atoms with E-state index in [4.69, 9.17) is 0 Å². The first kappa shape index (κ1) is 12.1. The van der Waals surface area contributed by atoms with E-state index in [0.29, 0.717) is 0 Å². The molecule has 2 atom stereocenters. The quantitative estimate of drug-likeness (QED) is 0.846. The standard InChI is InChI=1S/C13H22N2S/c1-3-11-9-14-10-13(11)15(2)7-6-12-5-4-8-16-12/h4-5,8,11,13-14H,3,6-7,9-10H2,1-2H3. The highest BCUT2D eigenvalue weighted by molar-refractivity contribution is 7.09. The molecule has 0 aliphatic carbocycles. The van der Waals surface area contributed by atoms with Crippen LogP contribution in [0.1, 0.15) is 18.2 Å². The second-order valence-corrected chi connectivity index (χ2v) is 5.74. The van der Waals surface area contributed by atoms with Gasteiger partial charge in [0.15, 0.2) is 0 Å². The minimum Gasteiger partial charge on any atom is -0.315 e. The molecule has 1 N–H and O–H groups in total. The van der Waals surface area contributed by atoms with E-state index in [0.717, 1.165) is 12.0 Å². The Morgan fingerprint density at radius 1 is 1.50 bits per heavy atom. The van der Waals surface area contributed by atoms with Crippen LogP contribution in [0.25, 0.3) is 0 Å². The Bertz CT molecular complexity index is 297. The monoisotopic (exact) mass is 238 g/mol. The van der Waals surface area contributed by atoms with Gasteiger partial charge in [-0.15, -0.1) is 11.3 Å². The van der Waals surface area contributed by atoms with Gasteiger partial charge >= 0.3 is 0 Å². The van der Waals surface area contributed by atoms with E-state index in [1.54, 1.807) is 0 Å². The maximum atomic E-state index is 3.51. The van der Waals surface area contributed by atoms with Crippen LogP contribution in [0, 0.1) is 5.92 Å². The predicted octanol–water partition coefficient (Wildman–Crippen LogP) is 2.22. The Kier molecular flexibility index (Phi) is 4.38. The third kappa shape index (κ3) is 2.84. The lowest BCUT2D eigenvalue weighted by Gasteiger charge is -2.28. The summed E-state index contributed by atoms with van der Waals surface area (Å²) in [5.41, 5.74) is 0. The maximum Gasteiger partial charge on any atom is 0.0257 e. The van der Waals surface area contributed by atoms with Crippen LogP contribution in [-0.2, 0) is 6.42 Å². The van der Waals surface area contributed by atoms with E-state index in [1.165, 1.54) is 37.4 Å². The molecule has 2 heterocycles. The van der Waals surface area contributed by atoms with Gasteiger partial charge in [-0.25, -0.2) is 0 Å². The molecule has 0 spiro atoms. The van der Waals surface area contributed by atoms with Crippen molar-refractivity contribution in [2.75, 3.05) is 26.7 Å². The Balaban J connectivity index is 1.81. The zero-order valence-corrected chi connectivity index (χ0v) is 11.1. The van der Waals surface area contributed by atoms with E-state index in [-0.39, 0.29) is 0 Å². The first-order valence-electron chi connectivity index (χ1n) is 6.24. The van der Waals surface area contributed by atoms with Gasteiger partial charge in [-0.2, -0.15) is 0 Å². The van der Waals surface area contributed by atoms with Gasteiger partial charge in [0.25, 0.3) is 0 Å². The third-order valence-electron chi connectivity index (χ3n) is 3.69. The van der Waals surface area contributed by atoms with Gasteiger partial charge in [-0.1, -0.05) is 19.4 Å². The summed E-state index contributed by atoms with van der Waals surface area (Å²) in [4.78, 5) is 4.04. The summed E-state index contributed by atoms with van der Waals surface area (Å²) >= 11 is 1.87. The van der Waals surface area contributed by atoms with Crippen LogP contribution in [-0.4, -0.2) is 37.6 Å². The molecule has 2 nitrogen and oxygen atoms in total. The fraction of sp³-hybridized carbons (Fsp3) is 0.692. The number of rotatable bonds is 5. The molecular weight excluding hydrogens is 216 g/mol. The minimum absolute atomic E-state index is 0.741. The number of nitrogens with zero attached hydrogens (tertiary/aromatic N) is 1. The number of hydrogen-bond donors (Lipinski definition) is 1. The molecule has 1 saturated heterocycles. The molecule has 1 aromatic heterocycles. The highest BCUT2D eigenvalue weighted by Crippen LogP contribution is 2.18. The fourth-order valence-corrected chi connectivity index (χ4v) is 3.26. The Morgan fingerprint density at radius 3 is 3.06 bits per heavy atom. The van der Waals surface area contributed by atoms with Gasteiger partial charge in [0.05, 0.1) is 0 Å². The second-order valence-electron chi connectivity index (χ2n) is 4.70. The Hall–Kier alpha value is -0.380. The SMILES string of the molecule is CCC1CNCC1N(C)CCc1cccs1. The third-order valence-corrected chi connectivity index (χ3v) is 4.62. The van der Waals surface area contributed by atoms with Crippen LogP contribution < -0.4 is 5.32 Å². The summed E-state index contributed by atoms with van der Waals surface area (Å²) in [5, 5.41) is 5.68. The largest absolute Gasteiger partial charge is 0.315 e. The number of hydrogen-bond acceptors (Lipinski definition) is 3. The molecule has 0 radical (unpaired) electrons. The molecule has 3 heteroatoms. The van der Waals surface area contributed by atoms with Gasteiger partial charge in [0.1, 0.15) is 0 Å². The van der Waals surface area contributed by atoms with Gasteiger partial charge in [-0.3, -0.25) is 0 Å². The van der Waals surface area contributed by atoms with Crippen LogP contribution in [0.15, 0.2) is 17.5 Å². The van der Waals surface area contributed by atoms with E-state index in [2.05, 4.69) is 41.7 Å². The molecule has 1 aliphatic heterocycles. The van der Waals surface area contributed by atoms with E-state index >= 15 is 0 Å². The van der Waals surface area contributed by atoms with E-state index in [9.17, 15) is 0 Å². The van der Waals surface area contributed by atoms with Gasteiger partial charge in [-0.05, 0) is 37.4 Å². The predicted molar refractivity (Wildman–Crippen MR) is 71.1 cm³/mol. The molecule has 0 saturated carbocycles. The van der Waals surface area contributed by atoms with Crippen molar-refractivity contribution in [3.05, 3.63) is 22.4 Å². The molecule has 90 valence electrons. The van der Waals surface area contributed by atoms with Crippen molar-refractivity contribution in [3.63, 3.8) is 0 Å². The summed E-state index contributed by atoms with van der Waals surface area (Å²) < 4.78 is 0. The first-order valence-corrected chi connectivity index (χ1v) is 7.12. The summed E-state index contributed by atoms with van der Waals surface area (Å²) in [6.45, 7) is 5.85. The van der Waals surface area contributed by atoms with Crippen molar-refractivity contribution in [2.24, 2.45) is 5.92 Å². The molecule has 0 amide bonds. The minimum atomic E-state index is 0.741. The number of likely N-dealkylation sites (N-methyl/N-ethyl adjacent to an activating group) is 1. The average Bonchev–Trinajstić information content (AvgIpc) is 2.96. The average molecular weight is 238 g/mol. The first-order chi connectivity index (χ1) is 7.81. The van der Waals surface area contributed by atoms with Crippen LogP contribution in [0.4, 0.5) is 0 Å². The van der Waals surface area contributed by atoms with Gasteiger partial charge < -0.3 is 10.2 Å². The van der Waals surface area contributed by atoms with Crippen molar-refractivity contribution in [1.82, 2.24) is 10.2 Å². The smallest absolute Gasteiger partial charge is 0.0257 e. The van der Waals surface area contributed by atoms with Crippen molar-refractivity contribution in [2.45, 2.75) is 25.8 Å². The summed E-state index contributed by atoms with van der Waals surface area (Å²) in [7, 11) is 2.27. The van der Waals surface area contributed by atoms with E-state index in [1.807, 2.05) is 11.3 Å². The summed E-state index contributed by atoms with van der Waals surface area (Å²) in [6.07, 6.45) is 2.49. The van der Waals surface area contributed by atoms with Gasteiger partial charge in [0.2, 0.25) is 0 Å². The second kappa shape index (κ2) is 5.80. The van der Waals surface area contributed by atoms with Crippen molar-refractivity contribution >= 4 is 11.3 Å². The molecule has 0 bridgehead atoms. The lowest BCUT2D eigenvalue weighted by atomic mass is 9.99. The zero-order valence-electron chi connectivity index (χ0n) is 10.3.